The number of carbonyl (C=O) groups is 1. The van der Waals surface area contributed by atoms with Crippen LogP contribution < -0.4 is 5.32 Å². The average Bonchev–Trinajstić information content (AvgIpc) is 3.36. The highest BCUT2D eigenvalue weighted by atomic mass is 32.2. The molecule has 0 aliphatic carbocycles. The Balaban J connectivity index is 1.42. The number of thioether (sulfide) groups is 1. The summed E-state index contributed by atoms with van der Waals surface area (Å²) in [5.41, 5.74) is 0.810. The molecule has 4 rings (SSSR count). The van der Waals surface area contributed by atoms with Crippen molar-refractivity contribution in [3.8, 4) is 11.4 Å². The third-order valence-electron chi connectivity index (χ3n) is 3.98. The third-order valence-corrected chi connectivity index (χ3v) is 5.02. The lowest BCUT2D eigenvalue weighted by molar-refractivity contribution is 0.0995. The summed E-state index contributed by atoms with van der Waals surface area (Å²) in [5.74, 6) is 2.39. The van der Waals surface area contributed by atoms with E-state index in [0.717, 1.165) is 16.2 Å². The molecule has 1 aromatic carbocycles. The van der Waals surface area contributed by atoms with Gasteiger partial charge in [0, 0.05) is 23.7 Å². The third kappa shape index (κ3) is 4.12. The first-order valence-electron chi connectivity index (χ1n) is 8.57. The van der Waals surface area contributed by atoms with Crippen molar-refractivity contribution in [2.24, 2.45) is 7.05 Å². The number of nitrogens with one attached hydrogen (secondary N) is 1. The van der Waals surface area contributed by atoms with Gasteiger partial charge in [0.15, 0.2) is 11.6 Å². The molecule has 0 aliphatic rings. The number of rotatable bonds is 6. The van der Waals surface area contributed by atoms with Gasteiger partial charge in [0.05, 0.1) is 5.75 Å². The van der Waals surface area contributed by atoms with E-state index in [2.05, 4.69) is 20.5 Å². The summed E-state index contributed by atoms with van der Waals surface area (Å²) in [6, 6.07) is 17.1. The number of hydrogen-bond acceptors (Lipinski definition) is 6. The van der Waals surface area contributed by atoms with Crippen molar-refractivity contribution >= 4 is 23.5 Å². The Labute approximate surface area is 165 Å². The molecule has 3 heterocycles. The van der Waals surface area contributed by atoms with E-state index < -0.39 is 0 Å². The minimum Gasteiger partial charge on any atom is -0.455 e. The van der Waals surface area contributed by atoms with Gasteiger partial charge in [0.1, 0.15) is 17.9 Å². The maximum absolute atomic E-state index is 12.5. The maximum atomic E-state index is 12.5. The molecule has 140 valence electrons. The summed E-state index contributed by atoms with van der Waals surface area (Å²) in [6.07, 6.45) is 3.23. The van der Waals surface area contributed by atoms with E-state index in [4.69, 9.17) is 4.42 Å². The monoisotopic (exact) mass is 391 g/mol. The number of pyridine rings is 1. The molecule has 0 saturated heterocycles. The van der Waals surface area contributed by atoms with Crippen LogP contribution in [-0.2, 0) is 12.8 Å². The number of benzene rings is 1. The van der Waals surface area contributed by atoms with Crippen molar-refractivity contribution in [2.75, 3.05) is 5.32 Å². The van der Waals surface area contributed by atoms with Crippen LogP contribution in [0.3, 0.4) is 0 Å². The van der Waals surface area contributed by atoms with Crippen LogP contribution in [-0.4, -0.2) is 25.7 Å². The number of aryl methyl sites for hydroxylation is 1. The number of anilines is 1. The van der Waals surface area contributed by atoms with Gasteiger partial charge in [-0.3, -0.25) is 4.79 Å². The summed E-state index contributed by atoms with van der Waals surface area (Å²) < 4.78 is 7.47. The molecule has 1 N–H and O–H groups in total. The molecule has 28 heavy (non-hydrogen) atoms. The van der Waals surface area contributed by atoms with Gasteiger partial charge >= 0.3 is 0 Å². The van der Waals surface area contributed by atoms with Crippen molar-refractivity contribution in [1.29, 1.82) is 0 Å². The molecule has 0 atom stereocenters. The fourth-order valence-corrected chi connectivity index (χ4v) is 3.42. The lowest BCUT2D eigenvalue weighted by Gasteiger charge is -2.05. The molecule has 8 heteroatoms. The van der Waals surface area contributed by atoms with Gasteiger partial charge in [-0.05, 0) is 36.4 Å². The molecule has 0 saturated carbocycles. The first-order chi connectivity index (χ1) is 13.7. The van der Waals surface area contributed by atoms with Crippen LogP contribution in [0.25, 0.3) is 11.4 Å². The van der Waals surface area contributed by atoms with Gasteiger partial charge in [0.2, 0.25) is 0 Å². The van der Waals surface area contributed by atoms with Crippen LogP contribution in [0.1, 0.15) is 16.3 Å². The highest BCUT2D eigenvalue weighted by Gasteiger charge is 2.13. The van der Waals surface area contributed by atoms with Crippen molar-refractivity contribution in [3.05, 3.63) is 78.6 Å². The second kappa shape index (κ2) is 8.10. The van der Waals surface area contributed by atoms with Gasteiger partial charge in [-0.25, -0.2) is 4.98 Å². The maximum Gasteiger partial charge on any atom is 0.292 e. The average molecular weight is 391 g/mol. The van der Waals surface area contributed by atoms with E-state index in [-0.39, 0.29) is 11.7 Å². The minimum atomic E-state index is -0.349. The highest BCUT2D eigenvalue weighted by Crippen LogP contribution is 2.24. The van der Waals surface area contributed by atoms with E-state index in [9.17, 15) is 4.79 Å². The molecule has 0 unspecified atom stereocenters. The van der Waals surface area contributed by atoms with Crippen molar-refractivity contribution in [1.82, 2.24) is 19.7 Å². The number of furan rings is 1. The Kier molecular flexibility index (Phi) is 5.20. The van der Waals surface area contributed by atoms with Crippen LogP contribution in [0.2, 0.25) is 0 Å². The lowest BCUT2D eigenvalue weighted by atomic mass is 10.2. The van der Waals surface area contributed by atoms with Crippen molar-refractivity contribution < 1.29 is 9.21 Å². The van der Waals surface area contributed by atoms with Crippen LogP contribution in [0, 0.1) is 0 Å². The summed E-state index contributed by atoms with van der Waals surface area (Å²) in [4.78, 5) is 17.8. The van der Waals surface area contributed by atoms with Crippen molar-refractivity contribution in [3.63, 3.8) is 0 Å². The first kappa shape index (κ1) is 18.0. The summed E-state index contributed by atoms with van der Waals surface area (Å²) in [6.45, 7) is 0. The fraction of sp³-hybridized carbons (Fsp3) is 0.100. The van der Waals surface area contributed by atoms with Crippen LogP contribution >= 0.6 is 11.8 Å². The summed E-state index contributed by atoms with van der Waals surface area (Å²) in [5, 5.41) is 10.7. The summed E-state index contributed by atoms with van der Waals surface area (Å²) >= 11 is 1.65. The smallest absolute Gasteiger partial charge is 0.292 e. The van der Waals surface area contributed by atoms with Crippen molar-refractivity contribution in [2.45, 2.75) is 10.6 Å². The Morgan fingerprint density at radius 2 is 2.04 bits per heavy atom. The zero-order valence-electron chi connectivity index (χ0n) is 15.1. The molecular formula is C20H17N5O2S. The molecule has 0 fully saturated rings. The SMILES string of the molecule is Cn1cnnc1-c1ccnc(NC(=O)c2ccc(CSc3ccccc3)o2)c1. The quantitative estimate of drug-likeness (QED) is 0.500. The Morgan fingerprint density at radius 3 is 2.82 bits per heavy atom. The fourth-order valence-electron chi connectivity index (χ4n) is 2.61. The van der Waals surface area contributed by atoms with E-state index in [1.54, 1.807) is 41.0 Å². The van der Waals surface area contributed by atoms with Gasteiger partial charge < -0.3 is 14.3 Å². The van der Waals surface area contributed by atoms with E-state index in [0.29, 0.717) is 17.4 Å². The molecule has 7 nitrogen and oxygen atoms in total. The topological polar surface area (TPSA) is 85.8 Å². The molecule has 1 amide bonds. The number of hydrogen-bond donors (Lipinski definition) is 1. The molecule has 3 aromatic heterocycles. The zero-order chi connectivity index (χ0) is 19.3. The number of nitrogens with zero attached hydrogens (tertiary/aromatic N) is 4. The molecular weight excluding hydrogens is 374 g/mol. The van der Waals surface area contributed by atoms with Gasteiger partial charge in [-0.1, -0.05) is 18.2 Å². The predicted molar refractivity (Wildman–Crippen MR) is 107 cm³/mol. The number of amides is 1. The second-order valence-corrected chi connectivity index (χ2v) is 7.07. The number of carbonyl (C=O) groups excluding carboxylic acids is 1. The molecule has 0 spiro atoms. The highest BCUT2D eigenvalue weighted by molar-refractivity contribution is 7.98. The Hall–Kier alpha value is -3.39. The largest absolute Gasteiger partial charge is 0.455 e. The van der Waals surface area contributed by atoms with E-state index in [1.165, 1.54) is 0 Å². The van der Waals surface area contributed by atoms with E-state index in [1.807, 2.05) is 49.5 Å². The molecule has 0 aliphatic heterocycles. The predicted octanol–water partition coefficient (Wildman–Crippen LogP) is 4.01. The first-order valence-corrected chi connectivity index (χ1v) is 9.56. The molecule has 0 bridgehead atoms. The molecule has 4 aromatic rings. The second-order valence-electron chi connectivity index (χ2n) is 6.02. The number of aromatic nitrogens is 4. The Morgan fingerprint density at radius 1 is 1.18 bits per heavy atom. The van der Waals surface area contributed by atoms with Crippen LogP contribution in [0.4, 0.5) is 5.82 Å². The van der Waals surface area contributed by atoms with Crippen LogP contribution in [0.15, 0.2) is 76.4 Å². The molecule has 0 radical (unpaired) electrons. The van der Waals surface area contributed by atoms with Gasteiger partial charge in [-0.2, -0.15) is 0 Å². The van der Waals surface area contributed by atoms with E-state index >= 15 is 0 Å². The summed E-state index contributed by atoms with van der Waals surface area (Å²) in [7, 11) is 1.85. The zero-order valence-corrected chi connectivity index (χ0v) is 15.9. The van der Waals surface area contributed by atoms with Gasteiger partial charge in [0.25, 0.3) is 5.91 Å². The lowest BCUT2D eigenvalue weighted by Crippen LogP contribution is -2.12. The Bertz CT molecular complexity index is 1090. The van der Waals surface area contributed by atoms with Crippen LogP contribution in [0.5, 0.6) is 0 Å². The standard InChI is InChI=1S/C20H17N5O2S/c1-25-13-22-24-19(25)14-9-10-21-18(11-14)23-20(26)17-8-7-15(27-17)12-28-16-5-3-2-4-6-16/h2-11,13H,12H2,1H3,(H,21,23,26). The normalized spacial score (nSPS) is 10.8. The van der Waals surface area contributed by atoms with Gasteiger partial charge in [-0.15, -0.1) is 22.0 Å². The minimum absolute atomic E-state index is 0.245.